The highest BCUT2D eigenvalue weighted by atomic mass is 16.7. The average molecular weight is 410 g/mol. The topological polar surface area (TPSA) is 103 Å². The van der Waals surface area contributed by atoms with E-state index in [2.05, 4.69) is 39.8 Å². The highest BCUT2D eigenvalue weighted by Gasteiger charge is 2.14. The van der Waals surface area contributed by atoms with E-state index in [9.17, 15) is 4.79 Å². The molecule has 2 aromatic heterocycles. The number of rotatable bonds is 9. The lowest BCUT2D eigenvalue weighted by Gasteiger charge is -2.08. The Hall–Kier alpha value is -3.36. The molecule has 0 unspecified atom stereocenters. The van der Waals surface area contributed by atoms with E-state index in [1.807, 2.05) is 30.3 Å². The molecule has 1 aliphatic rings. The molecule has 4 rings (SSSR count). The van der Waals surface area contributed by atoms with E-state index in [1.165, 1.54) is 0 Å². The first-order chi connectivity index (χ1) is 14.6. The number of amides is 1. The lowest BCUT2D eigenvalue weighted by molar-refractivity contribution is -0.121. The molecule has 3 aromatic rings. The lowest BCUT2D eigenvalue weighted by atomic mass is 10.1. The van der Waals surface area contributed by atoms with E-state index in [-0.39, 0.29) is 12.7 Å². The number of aromatic nitrogens is 4. The van der Waals surface area contributed by atoms with Gasteiger partial charge in [0.25, 0.3) is 0 Å². The summed E-state index contributed by atoms with van der Waals surface area (Å²) in [6.07, 6.45) is 1.81. The summed E-state index contributed by atoms with van der Waals surface area (Å²) in [6, 6.07) is 9.56. The maximum absolute atomic E-state index is 12.0. The molecule has 0 fully saturated rings. The number of fused-ring (bicyclic) bond motifs is 2. The molecular formula is C21H26N6O3. The third kappa shape index (κ3) is 4.79. The quantitative estimate of drug-likeness (QED) is 0.559. The first-order valence-electron chi connectivity index (χ1n) is 10.2. The zero-order chi connectivity index (χ0) is 20.9. The van der Waals surface area contributed by atoms with Gasteiger partial charge >= 0.3 is 0 Å². The molecule has 0 atom stereocenters. The van der Waals surface area contributed by atoms with Crippen LogP contribution in [-0.2, 0) is 17.8 Å². The van der Waals surface area contributed by atoms with Crippen molar-refractivity contribution in [2.75, 3.05) is 18.7 Å². The molecular weight excluding hydrogens is 384 g/mol. The van der Waals surface area contributed by atoms with Crippen LogP contribution in [0.1, 0.15) is 38.1 Å². The monoisotopic (exact) mass is 410 g/mol. The lowest BCUT2D eigenvalue weighted by Crippen LogP contribution is -2.25. The van der Waals surface area contributed by atoms with E-state index in [1.54, 1.807) is 4.52 Å². The second-order valence-corrected chi connectivity index (χ2v) is 7.68. The summed E-state index contributed by atoms with van der Waals surface area (Å²) in [4.78, 5) is 12.0. The largest absolute Gasteiger partial charge is 0.454 e. The zero-order valence-electron chi connectivity index (χ0n) is 17.2. The molecule has 0 radical (unpaired) electrons. The molecule has 2 N–H and O–H groups in total. The fourth-order valence-electron chi connectivity index (χ4n) is 3.14. The van der Waals surface area contributed by atoms with E-state index in [0.717, 1.165) is 23.5 Å². The van der Waals surface area contributed by atoms with Gasteiger partial charge in [0.05, 0.1) is 0 Å². The Balaban J connectivity index is 1.36. The average Bonchev–Trinajstić information content (AvgIpc) is 3.36. The van der Waals surface area contributed by atoms with Gasteiger partial charge in [-0.3, -0.25) is 4.79 Å². The Morgan fingerprint density at radius 1 is 1.17 bits per heavy atom. The Morgan fingerprint density at radius 2 is 2.03 bits per heavy atom. The van der Waals surface area contributed by atoms with Crippen LogP contribution in [0.4, 0.5) is 5.82 Å². The van der Waals surface area contributed by atoms with Crippen molar-refractivity contribution < 1.29 is 14.3 Å². The molecule has 3 heterocycles. The number of nitrogens with one attached hydrogen (secondary N) is 2. The molecule has 158 valence electrons. The Kier molecular flexibility index (Phi) is 5.97. The predicted octanol–water partition coefficient (Wildman–Crippen LogP) is 2.56. The van der Waals surface area contributed by atoms with Crippen molar-refractivity contribution >= 4 is 17.4 Å². The molecule has 9 heteroatoms. The maximum Gasteiger partial charge on any atom is 0.231 e. The number of aryl methyl sites for hydroxylation is 1. The van der Waals surface area contributed by atoms with Crippen molar-refractivity contribution in [3.05, 3.63) is 41.7 Å². The molecule has 30 heavy (non-hydrogen) atoms. The third-order valence-electron chi connectivity index (χ3n) is 4.86. The Bertz CT molecular complexity index is 1030. The summed E-state index contributed by atoms with van der Waals surface area (Å²) < 4.78 is 12.4. The summed E-state index contributed by atoms with van der Waals surface area (Å²) in [6.45, 7) is 5.82. The molecule has 9 nitrogen and oxygen atoms in total. The highest BCUT2D eigenvalue weighted by molar-refractivity contribution is 5.76. The molecule has 1 aliphatic heterocycles. The number of benzene rings is 1. The normalized spacial score (nSPS) is 12.5. The molecule has 0 spiro atoms. The summed E-state index contributed by atoms with van der Waals surface area (Å²) in [7, 11) is 0. The van der Waals surface area contributed by atoms with Crippen molar-refractivity contribution in [3.63, 3.8) is 0 Å². The van der Waals surface area contributed by atoms with Crippen molar-refractivity contribution in [3.8, 4) is 11.5 Å². The Labute approximate surface area is 174 Å². The van der Waals surface area contributed by atoms with Crippen molar-refractivity contribution in [1.29, 1.82) is 0 Å². The van der Waals surface area contributed by atoms with Gasteiger partial charge in [0.15, 0.2) is 23.0 Å². The summed E-state index contributed by atoms with van der Waals surface area (Å²) in [5.74, 6) is 3.47. The predicted molar refractivity (Wildman–Crippen MR) is 111 cm³/mol. The van der Waals surface area contributed by atoms with Crippen molar-refractivity contribution in [2.24, 2.45) is 5.92 Å². The minimum Gasteiger partial charge on any atom is -0.454 e. The minimum absolute atomic E-state index is 0.0180. The van der Waals surface area contributed by atoms with Crippen LogP contribution in [-0.4, -0.2) is 39.1 Å². The van der Waals surface area contributed by atoms with E-state index < -0.39 is 0 Å². The number of hydrogen-bond donors (Lipinski definition) is 2. The van der Waals surface area contributed by atoms with Gasteiger partial charge in [-0.2, -0.15) is 4.52 Å². The molecule has 1 aromatic carbocycles. The van der Waals surface area contributed by atoms with Gasteiger partial charge in [-0.1, -0.05) is 19.9 Å². The SMILES string of the molecule is CC(C)CCNC(=O)CCc1nnc2ccc(NCc3ccc4c(c3)OCO4)nn12. The van der Waals surface area contributed by atoms with Gasteiger partial charge in [0.2, 0.25) is 12.7 Å². The van der Waals surface area contributed by atoms with Crippen LogP contribution >= 0.6 is 0 Å². The van der Waals surface area contributed by atoms with Crippen LogP contribution < -0.4 is 20.1 Å². The van der Waals surface area contributed by atoms with Crippen LogP contribution in [0.3, 0.4) is 0 Å². The van der Waals surface area contributed by atoms with Gasteiger partial charge in [-0.05, 0) is 42.2 Å². The zero-order valence-corrected chi connectivity index (χ0v) is 17.2. The highest BCUT2D eigenvalue weighted by Crippen LogP contribution is 2.32. The van der Waals surface area contributed by atoms with E-state index in [4.69, 9.17) is 9.47 Å². The standard InChI is InChI=1S/C21H26N6O3/c1-14(2)9-10-22-21(28)8-7-20-25-24-19-6-5-18(26-27(19)20)23-12-15-3-4-16-17(11-15)30-13-29-16/h3-6,11,14H,7-10,12-13H2,1-2H3,(H,22,28)(H,23,26). The fourth-order valence-corrected chi connectivity index (χ4v) is 3.14. The number of hydrogen-bond acceptors (Lipinski definition) is 7. The molecule has 0 saturated heterocycles. The fraction of sp³-hybridized carbons (Fsp3) is 0.429. The van der Waals surface area contributed by atoms with Gasteiger partial charge in [-0.15, -0.1) is 15.3 Å². The second-order valence-electron chi connectivity index (χ2n) is 7.68. The van der Waals surface area contributed by atoms with Gasteiger partial charge in [-0.25, -0.2) is 0 Å². The van der Waals surface area contributed by atoms with Gasteiger partial charge < -0.3 is 20.1 Å². The van der Waals surface area contributed by atoms with Crippen LogP contribution in [0.15, 0.2) is 30.3 Å². The number of ether oxygens (including phenoxy) is 2. The van der Waals surface area contributed by atoms with Crippen LogP contribution in [0.5, 0.6) is 11.5 Å². The minimum atomic E-state index is 0.0180. The first kappa shape index (κ1) is 19.9. The number of anilines is 1. The first-order valence-corrected chi connectivity index (χ1v) is 10.2. The van der Waals surface area contributed by atoms with Crippen molar-refractivity contribution in [2.45, 2.75) is 39.7 Å². The maximum atomic E-state index is 12.0. The summed E-state index contributed by atoms with van der Waals surface area (Å²) in [5.41, 5.74) is 1.71. The van der Waals surface area contributed by atoms with Crippen LogP contribution in [0.2, 0.25) is 0 Å². The Morgan fingerprint density at radius 3 is 2.90 bits per heavy atom. The molecule has 0 bridgehead atoms. The summed E-state index contributed by atoms with van der Waals surface area (Å²) in [5, 5.41) is 19.2. The van der Waals surface area contributed by atoms with Gasteiger partial charge in [0, 0.05) is 25.9 Å². The molecule has 0 saturated carbocycles. The van der Waals surface area contributed by atoms with E-state index in [0.29, 0.717) is 49.1 Å². The van der Waals surface area contributed by atoms with Gasteiger partial charge in [0.1, 0.15) is 5.82 Å². The molecule has 0 aliphatic carbocycles. The summed E-state index contributed by atoms with van der Waals surface area (Å²) >= 11 is 0. The smallest absolute Gasteiger partial charge is 0.231 e. The van der Waals surface area contributed by atoms with Crippen molar-refractivity contribution in [1.82, 2.24) is 25.1 Å². The third-order valence-corrected chi connectivity index (χ3v) is 4.86. The van der Waals surface area contributed by atoms with Crippen LogP contribution in [0, 0.1) is 5.92 Å². The number of nitrogens with zero attached hydrogens (tertiary/aromatic N) is 4. The van der Waals surface area contributed by atoms with Crippen LogP contribution in [0.25, 0.3) is 5.65 Å². The number of carbonyl (C=O) groups is 1. The molecule has 1 amide bonds. The number of carbonyl (C=O) groups excluding carboxylic acids is 1. The second kappa shape index (κ2) is 8.98. The van der Waals surface area contributed by atoms with E-state index >= 15 is 0 Å².